The zero-order chi connectivity index (χ0) is 15.0. The van der Waals surface area contributed by atoms with Crippen LogP contribution in [0.2, 0.25) is 0 Å². The van der Waals surface area contributed by atoms with Gasteiger partial charge in [-0.25, -0.2) is 0 Å². The minimum absolute atomic E-state index is 0.0999. The molecule has 0 aromatic heterocycles. The molecule has 0 aliphatic carbocycles. The normalized spacial score (nSPS) is 12.2. The van der Waals surface area contributed by atoms with Crippen molar-refractivity contribution in [2.75, 3.05) is 21.3 Å². The monoisotopic (exact) mass is 278 g/mol. The second-order valence-electron chi connectivity index (χ2n) is 3.85. The molecule has 6 nitrogen and oxygen atoms in total. The molecule has 0 spiro atoms. The van der Waals surface area contributed by atoms with Crippen molar-refractivity contribution in [1.29, 1.82) is 0 Å². The van der Waals surface area contributed by atoms with Crippen LogP contribution in [0.25, 0.3) is 0 Å². The Morgan fingerprint density at radius 1 is 1.20 bits per heavy atom. The highest BCUT2D eigenvalue weighted by molar-refractivity contribution is 6.46. The van der Waals surface area contributed by atoms with Crippen molar-refractivity contribution >= 4 is 17.5 Å². The number of amides is 1. The van der Waals surface area contributed by atoms with Crippen LogP contribution in [0.4, 0.5) is 0 Å². The summed E-state index contributed by atoms with van der Waals surface area (Å²) >= 11 is 0. The lowest BCUT2D eigenvalue weighted by molar-refractivity contribution is -0.115. The Morgan fingerprint density at radius 2 is 1.90 bits per heavy atom. The Hall–Kier alpha value is -2.21. The van der Waals surface area contributed by atoms with Gasteiger partial charge in [-0.3, -0.25) is 4.79 Å². The van der Waals surface area contributed by atoms with Gasteiger partial charge in [-0.1, -0.05) is 29.4 Å². The van der Waals surface area contributed by atoms with Crippen molar-refractivity contribution in [3.8, 4) is 0 Å². The van der Waals surface area contributed by atoms with Crippen molar-refractivity contribution in [3.05, 3.63) is 35.4 Å². The maximum atomic E-state index is 11.2. The van der Waals surface area contributed by atoms with E-state index >= 15 is 0 Å². The smallest absolute Gasteiger partial charge is 0.246 e. The Labute approximate surface area is 118 Å². The van der Waals surface area contributed by atoms with E-state index in [0.29, 0.717) is 12.3 Å². The molecule has 0 N–H and O–H groups in total. The van der Waals surface area contributed by atoms with E-state index in [9.17, 15) is 4.79 Å². The first-order valence-electron chi connectivity index (χ1n) is 5.96. The van der Waals surface area contributed by atoms with Gasteiger partial charge in [0.15, 0.2) is 5.71 Å². The largest absolute Gasteiger partial charge is 0.479 e. The number of hydrogen-bond acceptors (Lipinski definition) is 5. The molecule has 0 saturated heterocycles. The SMILES string of the molecule is COCc1ccccc1/C(=N\OC)C(=NC(C)=O)OC. The number of methoxy groups -OCH3 is 2. The molecule has 20 heavy (non-hydrogen) atoms. The molecule has 1 rings (SSSR count). The maximum Gasteiger partial charge on any atom is 0.246 e. The van der Waals surface area contributed by atoms with Gasteiger partial charge in [0.2, 0.25) is 11.8 Å². The Bertz CT molecular complexity index is 524. The van der Waals surface area contributed by atoms with E-state index in [2.05, 4.69) is 10.1 Å². The van der Waals surface area contributed by atoms with Gasteiger partial charge in [-0.05, 0) is 5.56 Å². The minimum atomic E-state index is -0.380. The summed E-state index contributed by atoms with van der Waals surface area (Å²) in [5, 5.41) is 3.91. The molecule has 1 aromatic carbocycles. The Kier molecular flexibility index (Phi) is 6.39. The van der Waals surface area contributed by atoms with Crippen molar-refractivity contribution in [2.24, 2.45) is 10.1 Å². The highest BCUT2D eigenvalue weighted by atomic mass is 16.6. The predicted molar refractivity (Wildman–Crippen MR) is 75.8 cm³/mol. The van der Waals surface area contributed by atoms with E-state index in [0.717, 1.165) is 11.1 Å². The summed E-state index contributed by atoms with van der Waals surface area (Å²) in [5.41, 5.74) is 1.97. The number of ether oxygens (including phenoxy) is 2. The third-order valence-electron chi connectivity index (χ3n) is 2.41. The van der Waals surface area contributed by atoms with Crippen molar-refractivity contribution in [3.63, 3.8) is 0 Å². The minimum Gasteiger partial charge on any atom is -0.479 e. The molecule has 0 unspecified atom stereocenters. The Morgan fingerprint density at radius 3 is 2.45 bits per heavy atom. The molecule has 108 valence electrons. The molecular weight excluding hydrogens is 260 g/mol. The van der Waals surface area contributed by atoms with Gasteiger partial charge >= 0.3 is 0 Å². The molecule has 1 aromatic rings. The van der Waals surface area contributed by atoms with Gasteiger partial charge < -0.3 is 14.3 Å². The summed E-state index contributed by atoms with van der Waals surface area (Å²) in [6.07, 6.45) is 0. The highest BCUT2D eigenvalue weighted by Gasteiger charge is 2.18. The zero-order valence-corrected chi connectivity index (χ0v) is 12.0. The molecule has 1 amide bonds. The van der Waals surface area contributed by atoms with Crippen LogP contribution in [0.3, 0.4) is 0 Å². The molecular formula is C14H18N2O4. The zero-order valence-electron chi connectivity index (χ0n) is 12.0. The lowest BCUT2D eigenvalue weighted by Gasteiger charge is -2.11. The van der Waals surface area contributed by atoms with Gasteiger partial charge in [0.05, 0.1) is 13.7 Å². The average molecular weight is 278 g/mol. The van der Waals surface area contributed by atoms with Crippen LogP contribution in [0.1, 0.15) is 18.1 Å². The lowest BCUT2D eigenvalue weighted by Crippen LogP contribution is -2.21. The van der Waals surface area contributed by atoms with Crippen LogP contribution < -0.4 is 0 Å². The summed E-state index contributed by atoms with van der Waals surface area (Å²) in [5.74, 6) is -0.280. The standard InChI is InChI=1S/C14H18N2O4/c1-10(17)15-14(19-3)13(16-20-4)12-8-6-5-7-11(12)9-18-2/h5-8H,9H2,1-4H3/b15-14?,16-13+. The maximum absolute atomic E-state index is 11.2. The first-order valence-corrected chi connectivity index (χ1v) is 5.96. The topological polar surface area (TPSA) is 69.5 Å². The van der Waals surface area contributed by atoms with Gasteiger partial charge in [-0.2, -0.15) is 4.99 Å². The molecule has 0 fully saturated rings. The van der Waals surface area contributed by atoms with Gasteiger partial charge in [0.1, 0.15) is 7.11 Å². The molecule has 0 aliphatic heterocycles. The summed E-state index contributed by atoms with van der Waals surface area (Å²) in [6.45, 7) is 1.74. The molecule has 0 heterocycles. The quantitative estimate of drug-likeness (QED) is 0.467. The van der Waals surface area contributed by atoms with Crippen LogP contribution in [0.15, 0.2) is 34.4 Å². The summed E-state index contributed by atoms with van der Waals surface area (Å²) in [6, 6.07) is 7.46. The molecule has 0 bridgehead atoms. The second-order valence-corrected chi connectivity index (χ2v) is 3.85. The third-order valence-corrected chi connectivity index (χ3v) is 2.41. The number of benzene rings is 1. The molecule has 6 heteroatoms. The number of carbonyl (C=O) groups is 1. The number of carbonyl (C=O) groups excluding carboxylic acids is 1. The number of hydrogen-bond donors (Lipinski definition) is 0. The third kappa shape index (κ3) is 4.17. The fourth-order valence-corrected chi connectivity index (χ4v) is 1.67. The first kappa shape index (κ1) is 15.8. The van der Waals surface area contributed by atoms with Crippen LogP contribution in [0.5, 0.6) is 0 Å². The van der Waals surface area contributed by atoms with E-state index < -0.39 is 0 Å². The van der Waals surface area contributed by atoms with Crippen molar-refractivity contribution in [2.45, 2.75) is 13.5 Å². The van der Waals surface area contributed by atoms with Crippen LogP contribution in [0, 0.1) is 0 Å². The number of aliphatic imine (C=N–C) groups is 1. The highest BCUT2D eigenvalue weighted by Crippen LogP contribution is 2.13. The average Bonchev–Trinajstić information content (AvgIpc) is 2.43. The van der Waals surface area contributed by atoms with E-state index in [-0.39, 0.29) is 11.8 Å². The molecule has 0 radical (unpaired) electrons. The summed E-state index contributed by atoms with van der Waals surface area (Å²) in [4.78, 5) is 19.8. The number of nitrogens with zero attached hydrogens (tertiary/aromatic N) is 2. The summed E-state index contributed by atoms with van der Waals surface area (Å²) in [7, 11) is 4.44. The van der Waals surface area contributed by atoms with Crippen LogP contribution in [-0.4, -0.2) is 38.8 Å². The van der Waals surface area contributed by atoms with Crippen LogP contribution in [-0.2, 0) is 25.7 Å². The Balaban J connectivity index is 3.34. The van der Waals surface area contributed by atoms with Gasteiger partial charge in [0, 0.05) is 19.6 Å². The van der Waals surface area contributed by atoms with E-state index in [4.69, 9.17) is 14.3 Å². The summed E-state index contributed by atoms with van der Waals surface area (Å²) < 4.78 is 10.3. The van der Waals surface area contributed by atoms with Crippen LogP contribution >= 0.6 is 0 Å². The number of rotatable bonds is 5. The van der Waals surface area contributed by atoms with E-state index in [1.54, 1.807) is 7.11 Å². The van der Waals surface area contributed by atoms with E-state index in [1.165, 1.54) is 21.1 Å². The fraction of sp³-hybridized carbons (Fsp3) is 0.357. The fourth-order valence-electron chi connectivity index (χ4n) is 1.67. The van der Waals surface area contributed by atoms with Gasteiger partial charge in [0.25, 0.3) is 0 Å². The molecule has 0 aliphatic rings. The van der Waals surface area contributed by atoms with Gasteiger partial charge in [-0.15, -0.1) is 0 Å². The first-order chi connectivity index (χ1) is 9.63. The molecule has 0 saturated carbocycles. The predicted octanol–water partition coefficient (Wildman–Crippen LogP) is 1.77. The van der Waals surface area contributed by atoms with E-state index in [1.807, 2.05) is 24.3 Å². The van der Waals surface area contributed by atoms with Crippen molar-refractivity contribution in [1.82, 2.24) is 0 Å². The lowest BCUT2D eigenvalue weighted by atomic mass is 10.0. The van der Waals surface area contributed by atoms with Crippen molar-refractivity contribution < 1.29 is 19.1 Å². The number of oxime groups is 1. The second kappa shape index (κ2) is 8.06. The molecule has 0 atom stereocenters.